The second-order valence-electron chi connectivity index (χ2n) is 7.21. The van der Waals surface area contributed by atoms with E-state index in [0.717, 1.165) is 34.0 Å². The summed E-state index contributed by atoms with van der Waals surface area (Å²) < 4.78 is 20.5. The number of rotatable bonds is 8. The Labute approximate surface area is 178 Å². The average molecular weight is 415 g/mol. The maximum absolute atomic E-state index is 14.9. The van der Waals surface area contributed by atoms with Crippen LogP contribution in [0.1, 0.15) is 13.3 Å². The summed E-state index contributed by atoms with van der Waals surface area (Å²) in [6.07, 6.45) is 7.04. The summed E-state index contributed by atoms with van der Waals surface area (Å²) in [4.78, 5) is 0. The normalized spacial score (nSPS) is 14.2. The fourth-order valence-electron chi connectivity index (χ4n) is 3.80. The molecule has 4 rings (SSSR count). The summed E-state index contributed by atoms with van der Waals surface area (Å²) in [7, 11) is -3.02. The molecule has 0 saturated heterocycles. The van der Waals surface area contributed by atoms with Crippen LogP contribution < -0.4 is 20.7 Å². The van der Waals surface area contributed by atoms with Crippen molar-refractivity contribution in [3.05, 3.63) is 109 Å². The van der Waals surface area contributed by atoms with Crippen LogP contribution in [-0.4, -0.2) is 12.4 Å². The lowest BCUT2D eigenvalue weighted by atomic mass is 10.2. The van der Waals surface area contributed by atoms with Crippen molar-refractivity contribution in [1.29, 1.82) is 0 Å². The molecule has 3 nitrogen and oxygen atoms in total. The number of nitrogens with one attached hydrogen (secondary N) is 1. The molecular weight excluding hydrogens is 389 g/mol. The SMILES string of the molecule is CCOc1ccc(NC(C2=CC=CC2)P(=O)(c2ccccc2)c2ccccc2)cc1. The van der Waals surface area contributed by atoms with Gasteiger partial charge in [-0.2, -0.15) is 0 Å². The molecule has 0 saturated carbocycles. The van der Waals surface area contributed by atoms with Gasteiger partial charge in [0.25, 0.3) is 0 Å². The van der Waals surface area contributed by atoms with Crippen LogP contribution in [0.5, 0.6) is 5.75 Å². The number of anilines is 1. The average Bonchev–Trinajstić information content (AvgIpc) is 3.34. The molecule has 0 amide bonds. The predicted molar refractivity (Wildman–Crippen MR) is 127 cm³/mol. The maximum atomic E-state index is 14.9. The van der Waals surface area contributed by atoms with Gasteiger partial charge in [0.1, 0.15) is 11.5 Å². The molecule has 0 fully saturated rings. The zero-order chi connectivity index (χ0) is 20.8. The second kappa shape index (κ2) is 9.19. The Kier molecular flexibility index (Phi) is 6.21. The van der Waals surface area contributed by atoms with E-state index in [0.29, 0.717) is 6.61 Å². The van der Waals surface area contributed by atoms with E-state index in [-0.39, 0.29) is 5.78 Å². The molecule has 1 atom stereocenters. The van der Waals surface area contributed by atoms with Crippen molar-refractivity contribution in [1.82, 2.24) is 0 Å². The maximum Gasteiger partial charge on any atom is 0.168 e. The Balaban J connectivity index is 1.80. The Hall–Kier alpha value is -3.03. The lowest BCUT2D eigenvalue weighted by Gasteiger charge is -2.31. The van der Waals surface area contributed by atoms with Crippen LogP contribution in [0, 0.1) is 0 Å². The summed E-state index contributed by atoms with van der Waals surface area (Å²) in [5.74, 6) is 0.492. The van der Waals surface area contributed by atoms with Gasteiger partial charge in [-0.3, -0.25) is 0 Å². The van der Waals surface area contributed by atoms with E-state index in [1.165, 1.54) is 0 Å². The smallest absolute Gasteiger partial charge is 0.168 e. The van der Waals surface area contributed by atoms with Crippen molar-refractivity contribution >= 4 is 23.4 Å². The number of allylic oxidation sites excluding steroid dienone is 3. The molecule has 0 heterocycles. The Morgan fingerprint density at radius 3 is 2.00 bits per heavy atom. The minimum absolute atomic E-state index is 0.338. The fourth-order valence-corrected chi connectivity index (χ4v) is 6.92. The van der Waals surface area contributed by atoms with Crippen LogP contribution in [0.2, 0.25) is 0 Å². The third-order valence-corrected chi connectivity index (χ3v) is 8.58. The van der Waals surface area contributed by atoms with Gasteiger partial charge in [-0.05, 0) is 43.2 Å². The highest BCUT2D eigenvalue weighted by molar-refractivity contribution is 7.79. The molecular formula is C26H26NO2P. The quantitative estimate of drug-likeness (QED) is 0.478. The van der Waals surface area contributed by atoms with Crippen molar-refractivity contribution < 1.29 is 9.30 Å². The van der Waals surface area contributed by atoms with Crippen LogP contribution in [0.3, 0.4) is 0 Å². The molecule has 152 valence electrons. The first-order valence-electron chi connectivity index (χ1n) is 10.3. The van der Waals surface area contributed by atoms with Crippen molar-refractivity contribution in [2.75, 3.05) is 11.9 Å². The van der Waals surface area contributed by atoms with Crippen molar-refractivity contribution in [2.24, 2.45) is 0 Å². The molecule has 3 aromatic rings. The molecule has 0 aliphatic heterocycles. The number of benzene rings is 3. The van der Waals surface area contributed by atoms with E-state index < -0.39 is 7.14 Å². The van der Waals surface area contributed by atoms with Gasteiger partial charge in [-0.25, -0.2) is 0 Å². The summed E-state index contributed by atoms with van der Waals surface area (Å²) in [5, 5.41) is 5.31. The van der Waals surface area contributed by atoms with Gasteiger partial charge in [0.15, 0.2) is 7.14 Å². The summed E-state index contributed by atoms with van der Waals surface area (Å²) >= 11 is 0. The number of ether oxygens (including phenoxy) is 1. The van der Waals surface area contributed by atoms with Gasteiger partial charge in [-0.15, -0.1) is 0 Å². The molecule has 1 N–H and O–H groups in total. The van der Waals surface area contributed by atoms with E-state index in [4.69, 9.17) is 4.74 Å². The molecule has 3 aromatic carbocycles. The van der Waals surface area contributed by atoms with Crippen molar-refractivity contribution in [3.63, 3.8) is 0 Å². The van der Waals surface area contributed by atoms with Gasteiger partial charge >= 0.3 is 0 Å². The second-order valence-corrected chi connectivity index (χ2v) is 10.1. The van der Waals surface area contributed by atoms with Gasteiger partial charge in [-0.1, -0.05) is 78.9 Å². The van der Waals surface area contributed by atoms with Crippen LogP contribution >= 0.6 is 7.14 Å². The van der Waals surface area contributed by atoms with Crippen LogP contribution in [0.25, 0.3) is 0 Å². The molecule has 1 aliphatic carbocycles. The predicted octanol–water partition coefficient (Wildman–Crippen LogP) is 5.72. The molecule has 0 radical (unpaired) electrons. The van der Waals surface area contributed by atoms with E-state index in [1.807, 2.05) is 97.9 Å². The lowest BCUT2D eigenvalue weighted by Crippen LogP contribution is -2.32. The van der Waals surface area contributed by atoms with E-state index in [2.05, 4.69) is 17.5 Å². The van der Waals surface area contributed by atoms with Crippen LogP contribution in [-0.2, 0) is 4.57 Å². The molecule has 4 heteroatoms. The number of hydrogen-bond acceptors (Lipinski definition) is 3. The molecule has 0 bridgehead atoms. The van der Waals surface area contributed by atoms with Crippen LogP contribution in [0.15, 0.2) is 109 Å². The van der Waals surface area contributed by atoms with E-state index in [9.17, 15) is 4.57 Å². The van der Waals surface area contributed by atoms with E-state index in [1.54, 1.807) is 0 Å². The zero-order valence-electron chi connectivity index (χ0n) is 17.1. The number of hydrogen-bond donors (Lipinski definition) is 1. The highest BCUT2D eigenvalue weighted by atomic mass is 31.2. The summed E-state index contributed by atoms with van der Waals surface area (Å²) in [5.41, 5.74) is 2.04. The van der Waals surface area contributed by atoms with Gasteiger partial charge in [0.2, 0.25) is 0 Å². The molecule has 30 heavy (non-hydrogen) atoms. The zero-order valence-corrected chi connectivity index (χ0v) is 18.0. The third kappa shape index (κ3) is 4.13. The first-order valence-corrected chi connectivity index (χ1v) is 12.1. The van der Waals surface area contributed by atoms with E-state index >= 15 is 0 Å². The monoisotopic (exact) mass is 415 g/mol. The Morgan fingerprint density at radius 1 is 0.900 bits per heavy atom. The standard InChI is InChI=1S/C26H26NO2P/c1-2-29-23-19-17-22(18-20-23)27-26(21-11-9-10-12-21)30(28,24-13-5-3-6-14-24)25-15-7-4-8-16-25/h3-11,13-20,26-27H,2,12H2,1H3. The first kappa shape index (κ1) is 20.3. The topological polar surface area (TPSA) is 38.3 Å². The van der Waals surface area contributed by atoms with Crippen molar-refractivity contribution in [2.45, 2.75) is 19.1 Å². The third-order valence-electron chi connectivity index (χ3n) is 5.26. The Morgan fingerprint density at radius 2 is 1.50 bits per heavy atom. The lowest BCUT2D eigenvalue weighted by molar-refractivity contribution is 0.340. The van der Waals surface area contributed by atoms with Gasteiger partial charge in [0.05, 0.1) is 6.61 Å². The Bertz CT molecular complexity index is 1030. The minimum atomic E-state index is -3.02. The summed E-state index contributed by atoms with van der Waals surface area (Å²) in [6, 6.07) is 27.5. The van der Waals surface area contributed by atoms with Gasteiger partial charge < -0.3 is 14.6 Å². The highest BCUT2D eigenvalue weighted by Gasteiger charge is 2.39. The summed E-state index contributed by atoms with van der Waals surface area (Å²) in [6.45, 7) is 2.60. The molecule has 1 aliphatic rings. The highest BCUT2D eigenvalue weighted by Crippen LogP contribution is 2.52. The van der Waals surface area contributed by atoms with Crippen molar-refractivity contribution in [3.8, 4) is 5.75 Å². The fraction of sp³-hybridized carbons (Fsp3) is 0.154. The molecule has 0 aromatic heterocycles. The van der Waals surface area contributed by atoms with Crippen LogP contribution in [0.4, 0.5) is 5.69 Å². The largest absolute Gasteiger partial charge is 0.494 e. The minimum Gasteiger partial charge on any atom is -0.494 e. The molecule has 0 spiro atoms. The molecule has 1 unspecified atom stereocenters. The van der Waals surface area contributed by atoms with Gasteiger partial charge in [0, 0.05) is 16.3 Å². The first-order chi connectivity index (χ1) is 14.7.